The van der Waals surface area contributed by atoms with E-state index in [9.17, 15) is 14.9 Å². The van der Waals surface area contributed by atoms with Gasteiger partial charge in [-0.15, -0.1) is 0 Å². The number of nitro benzene ring substituents is 1. The first-order chi connectivity index (χ1) is 10.5. The molecule has 0 aliphatic heterocycles. The second-order valence-electron chi connectivity index (χ2n) is 4.52. The number of carbonyl (C=O) groups excluding carboxylic acids is 1. The molecule has 0 bridgehead atoms. The highest BCUT2D eigenvalue weighted by atomic mass is 35.5. The van der Waals surface area contributed by atoms with Crippen molar-refractivity contribution in [3.63, 3.8) is 0 Å². The second-order valence-corrected chi connectivity index (χ2v) is 4.92. The number of halogens is 1. The van der Waals surface area contributed by atoms with Crippen molar-refractivity contribution < 1.29 is 14.8 Å². The summed E-state index contributed by atoms with van der Waals surface area (Å²) < 4.78 is 0. The van der Waals surface area contributed by atoms with Crippen LogP contribution < -0.4 is 5.32 Å². The number of hydrogen-bond acceptors (Lipinski definition) is 4. The zero-order chi connectivity index (χ0) is 16.1. The van der Waals surface area contributed by atoms with E-state index in [0.29, 0.717) is 12.1 Å². The van der Waals surface area contributed by atoms with Crippen molar-refractivity contribution in [2.45, 2.75) is 6.42 Å². The van der Waals surface area contributed by atoms with Crippen molar-refractivity contribution in [3.05, 3.63) is 68.7 Å². The molecule has 7 heteroatoms. The summed E-state index contributed by atoms with van der Waals surface area (Å²) in [6, 6.07) is 10.9. The predicted octanol–water partition coefficient (Wildman–Crippen LogP) is 3.04. The maximum absolute atomic E-state index is 12.2. The second kappa shape index (κ2) is 7.02. The maximum atomic E-state index is 12.2. The van der Waals surface area contributed by atoms with Crippen LogP contribution in [0.25, 0.3) is 0 Å². The normalized spacial score (nSPS) is 10.3. The predicted molar refractivity (Wildman–Crippen MR) is 83.3 cm³/mol. The van der Waals surface area contributed by atoms with Crippen LogP contribution in [0.15, 0.2) is 42.5 Å². The average Bonchev–Trinajstić information content (AvgIpc) is 2.49. The third-order valence-electron chi connectivity index (χ3n) is 3.03. The van der Waals surface area contributed by atoms with Gasteiger partial charge in [0.05, 0.1) is 9.95 Å². The van der Waals surface area contributed by atoms with Crippen molar-refractivity contribution in [1.29, 1.82) is 0 Å². The van der Waals surface area contributed by atoms with E-state index in [1.165, 1.54) is 18.2 Å². The highest BCUT2D eigenvalue weighted by Gasteiger charge is 2.23. The Bertz CT molecular complexity index is 701. The van der Waals surface area contributed by atoms with Crippen LogP contribution in [0.5, 0.6) is 0 Å². The van der Waals surface area contributed by atoms with Gasteiger partial charge in [0.2, 0.25) is 0 Å². The molecule has 1 amide bonds. The molecule has 0 fully saturated rings. The Balaban J connectivity index is 2.24. The van der Waals surface area contributed by atoms with Crippen LogP contribution in [-0.4, -0.2) is 22.5 Å². The molecule has 0 saturated heterocycles. The third-order valence-corrected chi connectivity index (χ3v) is 3.34. The Labute approximate surface area is 131 Å². The van der Waals surface area contributed by atoms with E-state index in [4.69, 9.17) is 16.7 Å². The number of aliphatic hydroxyl groups is 1. The number of amides is 1. The summed E-state index contributed by atoms with van der Waals surface area (Å²) in [6.45, 7) is 0.0392. The Morgan fingerprint density at radius 2 is 1.91 bits per heavy atom. The van der Waals surface area contributed by atoms with Gasteiger partial charge in [-0.3, -0.25) is 14.9 Å². The standard InChI is InChI=1S/C15H13ClN2O4/c16-12-2-1-3-13(18(21)22)14(12)15(20)17-11-6-4-10(5-7-11)8-9-19/h1-7,19H,8-9H2,(H,17,20). The number of nitrogens with one attached hydrogen (secondary N) is 1. The van der Waals surface area contributed by atoms with Crippen LogP contribution >= 0.6 is 11.6 Å². The molecular weight excluding hydrogens is 308 g/mol. The minimum absolute atomic E-state index is 0.0172. The number of anilines is 1. The van der Waals surface area contributed by atoms with Crippen LogP contribution in [0.3, 0.4) is 0 Å². The fraction of sp³-hybridized carbons (Fsp3) is 0.133. The van der Waals surface area contributed by atoms with E-state index in [2.05, 4.69) is 5.32 Å². The molecule has 2 aromatic rings. The molecule has 0 spiro atoms. The van der Waals surface area contributed by atoms with Gasteiger partial charge in [-0.2, -0.15) is 0 Å². The van der Waals surface area contributed by atoms with Crippen molar-refractivity contribution in [2.24, 2.45) is 0 Å². The van der Waals surface area contributed by atoms with Gasteiger partial charge in [-0.25, -0.2) is 0 Å². The smallest absolute Gasteiger partial charge is 0.283 e. The summed E-state index contributed by atoms with van der Waals surface area (Å²) >= 11 is 5.91. The van der Waals surface area contributed by atoms with Crippen molar-refractivity contribution in [1.82, 2.24) is 0 Å². The van der Waals surface area contributed by atoms with Crippen LogP contribution in [0.2, 0.25) is 5.02 Å². The van der Waals surface area contributed by atoms with Gasteiger partial charge in [0.1, 0.15) is 5.56 Å². The lowest BCUT2D eigenvalue weighted by Crippen LogP contribution is -2.14. The average molecular weight is 321 g/mol. The Morgan fingerprint density at radius 3 is 2.50 bits per heavy atom. The lowest BCUT2D eigenvalue weighted by atomic mass is 10.1. The summed E-state index contributed by atoms with van der Waals surface area (Å²) in [6.07, 6.45) is 0.518. The minimum atomic E-state index is -0.648. The van der Waals surface area contributed by atoms with Gasteiger partial charge in [-0.05, 0) is 30.2 Å². The lowest BCUT2D eigenvalue weighted by molar-refractivity contribution is -0.385. The molecule has 2 N–H and O–H groups in total. The number of hydrogen-bond donors (Lipinski definition) is 2. The molecule has 0 aromatic heterocycles. The molecule has 0 atom stereocenters. The van der Waals surface area contributed by atoms with Crippen LogP contribution in [0.4, 0.5) is 11.4 Å². The molecule has 2 rings (SSSR count). The van der Waals surface area contributed by atoms with Gasteiger partial charge in [0.25, 0.3) is 11.6 Å². The molecule has 2 aromatic carbocycles. The van der Waals surface area contributed by atoms with Crippen LogP contribution in [-0.2, 0) is 6.42 Å². The molecule has 0 unspecified atom stereocenters. The maximum Gasteiger partial charge on any atom is 0.283 e. The van der Waals surface area contributed by atoms with Crippen molar-refractivity contribution >= 4 is 28.9 Å². The number of rotatable bonds is 5. The molecule has 0 aliphatic carbocycles. The first kappa shape index (κ1) is 15.9. The van der Waals surface area contributed by atoms with E-state index in [1.807, 2.05) is 0 Å². The molecule has 0 saturated carbocycles. The lowest BCUT2D eigenvalue weighted by Gasteiger charge is -2.08. The summed E-state index contributed by atoms with van der Waals surface area (Å²) in [4.78, 5) is 22.6. The SMILES string of the molecule is O=C(Nc1ccc(CCO)cc1)c1c(Cl)cccc1[N+](=O)[O-]. The van der Waals surface area contributed by atoms with E-state index >= 15 is 0 Å². The summed E-state index contributed by atoms with van der Waals surface area (Å²) in [5.74, 6) is -0.646. The Morgan fingerprint density at radius 1 is 1.23 bits per heavy atom. The van der Waals surface area contributed by atoms with E-state index < -0.39 is 10.8 Å². The highest BCUT2D eigenvalue weighted by Crippen LogP contribution is 2.27. The fourth-order valence-electron chi connectivity index (χ4n) is 1.97. The fourth-order valence-corrected chi connectivity index (χ4v) is 2.22. The Hall–Kier alpha value is -2.44. The van der Waals surface area contributed by atoms with Crippen LogP contribution in [0.1, 0.15) is 15.9 Å². The summed E-state index contributed by atoms with van der Waals surface area (Å²) in [5.41, 5.74) is 0.889. The van der Waals surface area contributed by atoms with Crippen LogP contribution in [0, 0.1) is 10.1 Å². The van der Waals surface area contributed by atoms with E-state index in [1.54, 1.807) is 24.3 Å². The van der Waals surface area contributed by atoms with Gasteiger partial charge in [0.15, 0.2) is 0 Å². The number of nitrogens with zero attached hydrogens (tertiary/aromatic N) is 1. The van der Waals surface area contributed by atoms with Crippen molar-refractivity contribution in [2.75, 3.05) is 11.9 Å². The summed E-state index contributed by atoms with van der Waals surface area (Å²) in [7, 11) is 0. The zero-order valence-corrected chi connectivity index (χ0v) is 12.2. The first-order valence-electron chi connectivity index (χ1n) is 6.47. The highest BCUT2D eigenvalue weighted by molar-refractivity contribution is 6.35. The van der Waals surface area contributed by atoms with E-state index in [-0.39, 0.29) is 22.9 Å². The van der Waals surface area contributed by atoms with E-state index in [0.717, 1.165) is 5.56 Å². The monoisotopic (exact) mass is 320 g/mol. The number of carbonyl (C=O) groups is 1. The summed E-state index contributed by atoms with van der Waals surface area (Å²) in [5, 5.41) is 22.4. The van der Waals surface area contributed by atoms with Crippen molar-refractivity contribution in [3.8, 4) is 0 Å². The first-order valence-corrected chi connectivity index (χ1v) is 6.84. The van der Waals surface area contributed by atoms with Gasteiger partial charge in [-0.1, -0.05) is 29.8 Å². The Kier molecular flexibility index (Phi) is 5.08. The van der Waals surface area contributed by atoms with Gasteiger partial charge < -0.3 is 10.4 Å². The molecule has 6 nitrogen and oxygen atoms in total. The van der Waals surface area contributed by atoms with Gasteiger partial charge >= 0.3 is 0 Å². The molecule has 22 heavy (non-hydrogen) atoms. The van der Waals surface area contributed by atoms with Gasteiger partial charge in [0, 0.05) is 18.4 Å². The molecule has 0 heterocycles. The number of benzene rings is 2. The molecule has 0 radical (unpaired) electrons. The molecule has 114 valence electrons. The largest absolute Gasteiger partial charge is 0.396 e. The number of aliphatic hydroxyl groups excluding tert-OH is 1. The molecular formula is C15H13ClN2O4. The minimum Gasteiger partial charge on any atom is -0.396 e. The quantitative estimate of drug-likeness (QED) is 0.654. The number of nitro groups is 1. The topological polar surface area (TPSA) is 92.5 Å². The third kappa shape index (κ3) is 3.60. The zero-order valence-electron chi connectivity index (χ0n) is 11.5. The molecule has 0 aliphatic rings.